The Labute approximate surface area is 277 Å². The number of unbranched alkanes of at least 4 members (excludes halogenated alkanes) is 16. The van der Waals surface area contributed by atoms with Gasteiger partial charge in [-0.3, -0.25) is 9.59 Å². The van der Waals surface area contributed by atoms with E-state index in [1.807, 2.05) is 0 Å². The average Bonchev–Trinajstić information content (AvgIpc) is 2.93. The molecule has 0 atom stereocenters. The molecule has 2 amide bonds. The molecule has 0 unspecified atom stereocenters. The summed E-state index contributed by atoms with van der Waals surface area (Å²) in [7, 11) is 0. The molecule has 0 aliphatic rings. The number of carbonyl (C=O) groups excluding carboxylic acids is 2. The van der Waals surface area contributed by atoms with Crippen LogP contribution in [-0.4, -0.2) is 41.4 Å². The van der Waals surface area contributed by atoms with Gasteiger partial charge in [-0.05, 0) is 77.0 Å². The van der Waals surface area contributed by atoms with Gasteiger partial charge in [0, 0.05) is 42.4 Å². The van der Waals surface area contributed by atoms with Crippen LogP contribution >= 0.6 is 0 Å². The first-order chi connectivity index (χ1) is 19.5. The Morgan fingerprint density at radius 1 is 0.415 bits per heavy atom. The van der Waals surface area contributed by atoms with Crippen LogP contribution in [0.15, 0.2) is 48.6 Å². The second-order valence-electron chi connectivity index (χ2n) is 10.9. The van der Waals surface area contributed by atoms with Gasteiger partial charge in [-0.1, -0.05) is 127 Å². The molecule has 1 radical (unpaired) electrons. The molecule has 0 aromatic carbocycles. The minimum absolute atomic E-state index is 0. The quantitative estimate of drug-likeness (QED) is 0.0547. The SMILES string of the molecule is CCCCC/C=C\C/C=C\CCCCCCCC(N)=O.CCCCC/C=C\C/C=C\CCCCCCCC(N)=O.[Na]. The summed E-state index contributed by atoms with van der Waals surface area (Å²) in [4.78, 5) is 21.1. The largest absolute Gasteiger partial charge is 0.370 e. The standard InChI is InChI=1S/2C18H33NO.Na/c2*1-2-3-4-5-6-7-8-9-10-11-12-13-14-15-16-17-18(19)20;/h2*6-7,9-10H,2-5,8,11-17H2,1H3,(H2,19,20);/b2*7-6-,10-9-;. The van der Waals surface area contributed by atoms with Crippen LogP contribution in [-0.2, 0) is 9.59 Å². The van der Waals surface area contributed by atoms with Gasteiger partial charge in [0.15, 0.2) is 0 Å². The molecule has 0 heterocycles. The number of hydrogen-bond donors (Lipinski definition) is 2. The van der Waals surface area contributed by atoms with Crippen LogP contribution in [0, 0.1) is 0 Å². The maximum Gasteiger partial charge on any atom is 0.217 e. The fourth-order valence-corrected chi connectivity index (χ4v) is 4.22. The van der Waals surface area contributed by atoms with Crippen molar-refractivity contribution in [2.45, 2.75) is 168 Å². The van der Waals surface area contributed by atoms with Crippen molar-refractivity contribution in [1.82, 2.24) is 0 Å². The van der Waals surface area contributed by atoms with E-state index < -0.39 is 0 Å². The van der Waals surface area contributed by atoms with Crippen molar-refractivity contribution < 1.29 is 9.59 Å². The smallest absolute Gasteiger partial charge is 0.217 e. The van der Waals surface area contributed by atoms with Gasteiger partial charge >= 0.3 is 0 Å². The van der Waals surface area contributed by atoms with Crippen LogP contribution < -0.4 is 11.5 Å². The van der Waals surface area contributed by atoms with Gasteiger partial charge in [-0.2, -0.15) is 0 Å². The van der Waals surface area contributed by atoms with E-state index in [1.165, 1.54) is 103 Å². The van der Waals surface area contributed by atoms with Crippen LogP contribution in [0.25, 0.3) is 0 Å². The molecule has 41 heavy (non-hydrogen) atoms. The molecule has 4 N–H and O–H groups in total. The molecule has 0 fully saturated rings. The minimum Gasteiger partial charge on any atom is -0.370 e. The van der Waals surface area contributed by atoms with Gasteiger partial charge in [0.1, 0.15) is 0 Å². The van der Waals surface area contributed by atoms with Crippen molar-refractivity contribution in [3.8, 4) is 0 Å². The zero-order valence-electron chi connectivity index (χ0n) is 27.6. The fourth-order valence-electron chi connectivity index (χ4n) is 4.22. The molecule has 0 aromatic heterocycles. The van der Waals surface area contributed by atoms with E-state index in [1.54, 1.807) is 0 Å². The number of rotatable bonds is 28. The Bertz CT molecular complexity index is 600. The summed E-state index contributed by atoms with van der Waals surface area (Å²) in [5.41, 5.74) is 10.2. The van der Waals surface area contributed by atoms with E-state index in [4.69, 9.17) is 11.5 Å². The normalized spacial score (nSPS) is 11.4. The van der Waals surface area contributed by atoms with Crippen LogP contribution in [0.4, 0.5) is 0 Å². The summed E-state index contributed by atoms with van der Waals surface area (Å²) in [5.74, 6) is -0.341. The molecule has 233 valence electrons. The third kappa shape index (κ3) is 48.9. The Morgan fingerprint density at radius 2 is 0.683 bits per heavy atom. The molecule has 0 spiro atoms. The molecular formula is C36H66N2NaO2. The van der Waals surface area contributed by atoms with E-state index in [0.717, 1.165) is 38.5 Å². The Kier molecular flexibility index (Phi) is 44.4. The van der Waals surface area contributed by atoms with Crippen molar-refractivity contribution in [2.75, 3.05) is 0 Å². The zero-order valence-corrected chi connectivity index (χ0v) is 29.6. The predicted octanol–water partition coefficient (Wildman–Crippen LogP) is 10.2. The van der Waals surface area contributed by atoms with Crippen molar-refractivity contribution >= 4 is 41.4 Å². The maximum absolute atomic E-state index is 10.5. The number of nitrogens with two attached hydrogens (primary N) is 2. The van der Waals surface area contributed by atoms with E-state index in [9.17, 15) is 9.59 Å². The molecule has 0 rings (SSSR count). The minimum atomic E-state index is -0.171. The van der Waals surface area contributed by atoms with Crippen molar-refractivity contribution in [1.29, 1.82) is 0 Å². The summed E-state index contributed by atoms with van der Waals surface area (Å²) in [6.07, 6.45) is 45.9. The van der Waals surface area contributed by atoms with Crippen molar-refractivity contribution in [3.05, 3.63) is 48.6 Å². The molecule has 5 heteroatoms. The van der Waals surface area contributed by atoms with Crippen molar-refractivity contribution in [2.24, 2.45) is 11.5 Å². The summed E-state index contributed by atoms with van der Waals surface area (Å²) < 4.78 is 0. The molecule has 0 bridgehead atoms. The molecule has 0 saturated heterocycles. The fraction of sp³-hybridized carbons (Fsp3) is 0.722. The number of hydrogen-bond acceptors (Lipinski definition) is 2. The maximum atomic E-state index is 10.5. The van der Waals surface area contributed by atoms with Crippen LogP contribution in [0.2, 0.25) is 0 Å². The van der Waals surface area contributed by atoms with Gasteiger partial charge in [0.25, 0.3) is 0 Å². The Balaban J connectivity index is -0.000000688. The Morgan fingerprint density at radius 3 is 0.976 bits per heavy atom. The Hall–Kier alpha value is -1.10. The number of amides is 2. The van der Waals surface area contributed by atoms with Gasteiger partial charge in [0.05, 0.1) is 0 Å². The van der Waals surface area contributed by atoms with Crippen LogP contribution in [0.5, 0.6) is 0 Å². The first kappa shape index (κ1) is 44.3. The van der Waals surface area contributed by atoms with E-state index in [0.29, 0.717) is 12.8 Å². The third-order valence-corrected chi connectivity index (χ3v) is 6.75. The zero-order chi connectivity index (χ0) is 29.8. The second kappa shape index (κ2) is 41.0. The van der Waals surface area contributed by atoms with Gasteiger partial charge < -0.3 is 11.5 Å². The first-order valence-corrected chi connectivity index (χ1v) is 16.7. The van der Waals surface area contributed by atoms with E-state index in [2.05, 4.69) is 62.5 Å². The van der Waals surface area contributed by atoms with Gasteiger partial charge in [-0.25, -0.2) is 0 Å². The number of carbonyl (C=O) groups is 2. The molecular weight excluding hydrogens is 515 g/mol. The summed E-state index contributed by atoms with van der Waals surface area (Å²) >= 11 is 0. The monoisotopic (exact) mass is 582 g/mol. The van der Waals surface area contributed by atoms with Crippen LogP contribution in [0.3, 0.4) is 0 Å². The molecule has 0 aliphatic carbocycles. The molecule has 0 saturated carbocycles. The molecule has 4 nitrogen and oxygen atoms in total. The van der Waals surface area contributed by atoms with Crippen LogP contribution in [0.1, 0.15) is 168 Å². The summed E-state index contributed by atoms with van der Waals surface area (Å²) in [6, 6.07) is 0. The topological polar surface area (TPSA) is 86.2 Å². The van der Waals surface area contributed by atoms with E-state index >= 15 is 0 Å². The second-order valence-corrected chi connectivity index (χ2v) is 10.9. The predicted molar refractivity (Wildman–Crippen MR) is 183 cm³/mol. The van der Waals surface area contributed by atoms with E-state index in [-0.39, 0.29) is 41.4 Å². The summed E-state index contributed by atoms with van der Waals surface area (Å²) in [6.45, 7) is 4.48. The molecule has 0 aliphatic heterocycles. The number of allylic oxidation sites excluding steroid dienone is 8. The average molecular weight is 582 g/mol. The first-order valence-electron chi connectivity index (χ1n) is 16.7. The summed E-state index contributed by atoms with van der Waals surface area (Å²) in [5, 5.41) is 0. The molecule has 0 aromatic rings. The van der Waals surface area contributed by atoms with Gasteiger partial charge in [0.2, 0.25) is 11.8 Å². The van der Waals surface area contributed by atoms with Crippen molar-refractivity contribution in [3.63, 3.8) is 0 Å². The van der Waals surface area contributed by atoms with Gasteiger partial charge in [-0.15, -0.1) is 0 Å². The number of primary amides is 2. The third-order valence-electron chi connectivity index (χ3n) is 6.75.